The molecule has 0 bridgehead atoms. The highest BCUT2D eigenvalue weighted by Crippen LogP contribution is 2.22. The Morgan fingerprint density at radius 1 is 1.25 bits per heavy atom. The van der Waals surface area contributed by atoms with Gasteiger partial charge in [-0.05, 0) is 25.0 Å². The topological polar surface area (TPSA) is 80.9 Å². The number of nitrogens with one attached hydrogen (secondary N) is 1. The second-order valence-electron chi connectivity index (χ2n) is 4.67. The van der Waals surface area contributed by atoms with Crippen LogP contribution in [0.1, 0.15) is 26.7 Å². The van der Waals surface area contributed by atoms with Gasteiger partial charge in [-0.3, -0.25) is 4.79 Å². The van der Waals surface area contributed by atoms with Gasteiger partial charge in [0, 0.05) is 0 Å². The Morgan fingerprint density at radius 3 is 2.35 bits per heavy atom. The maximum absolute atomic E-state index is 12.2. The number of carbonyl (C=O) groups is 1. The summed E-state index contributed by atoms with van der Waals surface area (Å²) in [6.45, 7) is 3.74. The van der Waals surface area contributed by atoms with Crippen LogP contribution in [0, 0.1) is 0 Å². The molecule has 2 aromatic rings. The van der Waals surface area contributed by atoms with Crippen LogP contribution in [0.4, 0.5) is 5.82 Å². The van der Waals surface area contributed by atoms with Gasteiger partial charge in [0.2, 0.25) is 5.91 Å². The molecule has 0 aliphatic rings. The normalized spacial score (nSPS) is 11.6. The molecule has 6 heteroatoms. The molecule has 0 aliphatic carbocycles. The van der Waals surface area contributed by atoms with E-state index in [-0.39, 0.29) is 16.9 Å². The van der Waals surface area contributed by atoms with Crippen molar-refractivity contribution in [3.63, 3.8) is 0 Å². The van der Waals surface area contributed by atoms with Gasteiger partial charge in [-0.15, -0.1) is 0 Å². The van der Waals surface area contributed by atoms with Crippen LogP contribution in [0.25, 0.3) is 11.0 Å². The number of fused-ring (bicyclic) bond motifs is 1. The summed E-state index contributed by atoms with van der Waals surface area (Å²) in [6, 6.07) is 7.32. The van der Waals surface area contributed by atoms with Gasteiger partial charge in [-0.2, -0.15) is 0 Å². The van der Waals surface area contributed by atoms with Gasteiger partial charge in [0.1, 0.15) is 0 Å². The van der Waals surface area contributed by atoms with Gasteiger partial charge in [0.15, 0.2) is 11.0 Å². The molecule has 0 aliphatic heterocycles. The molecule has 1 aromatic heterocycles. The van der Waals surface area contributed by atoms with Gasteiger partial charge in [0.25, 0.3) is 0 Å². The molecule has 20 heavy (non-hydrogen) atoms. The maximum atomic E-state index is 12.2. The van der Waals surface area contributed by atoms with E-state index in [0.29, 0.717) is 23.9 Å². The number of nitrogens with two attached hydrogens (primary N) is 1. The zero-order valence-electron chi connectivity index (χ0n) is 11.5. The molecule has 1 amide bonds. The Balaban J connectivity index is 2.34. The standard InChI is InChI=1S/C14H17ClN4O/c1-3-14(16,4-2)13(20)19-12-11(15)17-9-7-5-6-8-10(9)18-12/h5-8H,3-4,16H2,1-2H3,(H,18,19,20). The number of benzene rings is 1. The lowest BCUT2D eigenvalue weighted by Gasteiger charge is -2.25. The lowest BCUT2D eigenvalue weighted by Crippen LogP contribution is -2.50. The molecule has 0 atom stereocenters. The van der Waals surface area contributed by atoms with Gasteiger partial charge in [0.05, 0.1) is 16.6 Å². The van der Waals surface area contributed by atoms with Crippen molar-refractivity contribution >= 4 is 34.4 Å². The van der Waals surface area contributed by atoms with E-state index in [1.54, 1.807) is 0 Å². The molecular weight excluding hydrogens is 276 g/mol. The van der Waals surface area contributed by atoms with Crippen LogP contribution >= 0.6 is 11.6 Å². The summed E-state index contributed by atoms with van der Waals surface area (Å²) < 4.78 is 0. The predicted molar refractivity (Wildman–Crippen MR) is 80.7 cm³/mol. The molecule has 1 aromatic carbocycles. The second kappa shape index (κ2) is 5.73. The van der Waals surface area contributed by atoms with E-state index in [1.807, 2.05) is 38.1 Å². The highest BCUT2D eigenvalue weighted by Gasteiger charge is 2.30. The number of carbonyl (C=O) groups excluding carboxylic acids is 1. The molecule has 106 valence electrons. The molecule has 1 heterocycles. The van der Waals surface area contributed by atoms with Crippen molar-refractivity contribution in [3.05, 3.63) is 29.4 Å². The Kier molecular flexibility index (Phi) is 4.20. The van der Waals surface area contributed by atoms with E-state index >= 15 is 0 Å². The van der Waals surface area contributed by atoms with E-state index in [4.69, 9.17) is 17.3 Å². The van der Waals surface area contributed by atoms with Crippen LogP contribution in [0.2, 0.25) is 5.15 Å². The number of amides is 1. The van der Waals surface area contributed by atoms with Gasteiger partial charge in [-0.1, -0.05) is 37.6 Å². The van der Waals surface area contributed by atoms with Crippen LogP contribution in [-0.4, -0.2) is 21.4 Å². The van der Waals surface area contributed by atoms with Crippen molar-refractivity contribution in [2.45, 2.75) is 32.2 Å². The summed E-state index contributed by atoms with van der Waals surface area (Å²) in [5, 5.41) is 2.83. The summed E-state index contributed by atoms with van der Waals surface area (Å²) in [4.78, 5) is 20.7. The Labute approximate surface area is 122 Å². The quantitative estimate of drug-likeness (QED) is 0.908. The zero-order chi connectivity index (χ0) is 14.8. The number of rotatable bonds is 4. The number of para-hydroxylation sites is 2. The molecule has 5 nitrogen and oxygen atoms in total. The smallest absolute Gasteiger partial charge is 0.245 e. The van der Waals surface area contributed by atoms with E-state index in [0.717, 1.165) is 0 Å². The first-order valence-electron chi connectivity index (χ1n) is 6.52. The predicted octanol–water partition coefficient (Wildman–Crippen LogP) is 2.74. The largest absolute Gasteiger partial charge is 0.317 e. The van der Waals surface area contributed by atoms with Gasteiger partial charge >= 0.3 is 0 Å². The van der Waals surface area contributed by atoms with Gasteiger partial charge in [-0.25, -0.2) is 9.97 Å². The van der Waals surface area contributed by atoms with Crippen LogP contribution in [0.3, 0.4) is 0 Å². The number of halogens is 1. The molecule has 0 radical (unpaired) electrons. The van der Waals surface area contributed by atoms with Crippen LogP contribution in [0.15, 0.2) is 24.3 Å². The molecule has 0 saturated heterocycles. The average molecular weight is 293 g/mol. The van der Waals surface area contributed by atoms with Crippen LogP contribution in [-0.2, 0) is 4.79 Å². The maximum Gasteiger partial charge on any atom is 0.245 e. The number of hydrogen-bond acceptors (Lipinski definition) is 4. The van der Waals surface area contributed by atoms with Crippen molar-refractivity contribution in [2.75, 3.05) is 5.32 Å². The van der Waals surface area contributed by atoms with Crippen molar-refractivity contribution < 1.29 is 4.79 Å². The number of aromatic nitrogens is 2. The minimum atomic E-state index is -0.920. The number of nitrogens with zero attached hydrogens (tertiary/aromatic N) is 2. The van der Waals surface area contributed by atoms with Crippen molar-refractivity contribution in [1.82, 2.24) is 9.97 Å². The minimum Gasteiger partial charge on any atom is -0.317 e. The van der Waals surface area contributed by atoms with E-state index < -0.39 is 5.54 Å². The van der Waals surface area contributed by atoms with Crippen LogP contribution < -0.4 is 11.1 Å². The summed E-state index contributed by atoms with van der Waals surface area (Å²) in [5.74, 6) is -0.0546. The highest BCUT2D eigenvalue weighted by atomic mass is 35.5. The molecule has 0 saturated carbocycles. The van der Waals surface area contributed by atoms with E-state index in [1.165, 1.54) is 0 Å². The Hall–Kier alpha value is -1.72. The van der Waals surface area contributed by atoms with E-state index in [2.05, 4.69) is 15.3 Å². The first-order chi connectivity index (χ1) is 9.50. The van der Waals surface area contributed by atoms with Crippen molar-refractivity contribution in [2.24, 2.45) is 5.73 Å². The fourth-order valence-electron chi connectivity index (χ4n) is 1.86. The van der Waals surface area contributed by atoms with Crippen molar-refractivity contribution in [3.8, 4) is 0 Å². The number of anilines is 1. The summed E-state index contributed by atoms with van der Waals surface area (Å²) in [6.07, 6.45) is 1.07. The third-order valence-electron chi connectivity index (χ3n) is 3.47. The SMILES string of the molecule is CCC(N)(CC)C(=O)Nc1nc2ccccc2nc1Cl. The molecule has 3 N–H and O–H groups in total. The first-order valence-corrected chi connectivity index (χ1v) is 6.90. The Morgan fingerprint density at radius 2 is 1.80 bits per heavy atom. The van der Waals surface area contributed by atoms with Crippen molar-refractivity contribution in [1.29, 1.82) is 0 Å². The number of hydrogen-bond donors (Lipinski definition) is 2. The molecule has 2 rings (SSSR count). The Bertz CT molecular complexity index is 640. The lowest BCUT2D eigenvalue weighted by molar-refractivity contribution is -0.121. The highest BCUT2D eigenvalue weighted by molar-refractivity contribution is 6.32. The third kappa shape index (κ3) is 2.73. The monoisotopic (exact) mass is 292 g/mol. The molecule has 0 unspecified atom stereocenters. The summed E-state index contributed by atoms with van der Waals surface area (Å²) in [5.41, 5.74) is 6.48. The molecule has 0 spiro atoms. The fourth-order valence-corrected chi connectivity index (χ4v) is 2.04. The fraction of sp³-hybridized carbons (Fsp3) is 0.357. The molecular formula is C14H17ClN4O. The zero-order valence-corrected chi connectivity index (χ0v) is 12.2. The third-order valence-corrected chi connectivity index (χ3v) is 3.74. The average Bonchev–Trinajstić information content (AvgIpc) is 2.47. The first kappa shape index (κ1) is 14.7. The summed E-state index contributed by atoms with van der Waals surface area (Å²) in [7, 11) is 0. The van der Waals surface area contributed by atoms with Crippen LogP contribution in [0.5, 0.6) is 0 Å². The van der Waals surface area contributed by atoms with Gasteiger partial charge < -0.3 is 11.1 Å². The van der Waals surface area contributed by atoms with E-state index in [9.17, 15) is 4.79 Å². The molecule has 0 fully saturated rings. The summed E-state index contributed by atoms with van der Waals surface area (Å²) >= 11 is 6.05. The minimum absolute atomic E-state index is 0.159. The second-order valence-corrected chi connectivity index (χ2v) is 5.03. The lowest BCUT2D eigenvalue weighted by atomic mass is 9.93.